The lowest BCUT2D eigenvalue weighted by molar-refractivity contribution is -0.122. The van der Waals surface area contributed by atoms with Crippen LogP contribution in [-0.2, 0) is 9.63 Å². The molecule has 160 valence electrons. The van der Waals surface area contributed by atoms with Crippen LogP contribution in [0.3, 0.4) is 0 Å². The van der Waals surface area contributed by atoms with Gasteiger partial charge in [0.15, 0.2) is 5.78 Å². The summed E-state index contributed by atoms with van der Waals surface area (Å²) in [6, 6.07) is 7.01. The van der Waals surface area contributed by atoms with E-state index in [1.165, 1.54) is 0 Å². The maximum Gasteiger partial charge on any atom is 0.178 e. The van der Waals surface area contributed by atoms with E-state index in [0.717, 1.165) is 16.9 Å². The Morgan fingerprint density at radius 3 is 2.63 bits per heavy atom. The Morgan fingerprint density at radius 2 is 2.00 bits per heavy atom. The van der Waals surface area contributed by atoms with E-state index in [4.69, 9.17) is 9.57 Å². The summed E-state index contributed by atoms with van der Waals surface area (Å²) >= 11 is 0. The van der Waals surface area contributed by atoms with Crippen LogP contribution in [0.4, 0.5) is 4.39 Å². The van der Waals surface area contributed by atoms with Crippen molar-refractivity contribution in [3.05, 3.63) is 72.5 Å². The van der Waals surface area contributed by atoms with Crippen LogP contribution in [0.1, 0.15) is 39.2 Å². The van der Waals surface area contributed by atoms with Gasteiger partial charge in [-0.1, -0.05) is 36.9 Å². The number of halogens is 1. The van der Waals surface area contributed by atoms with E-state index in [-0.39, 0.29) is 11.4 Å². The molecule has 0 bridgehead atoms. The molecule has 3 atom stereocenters. The first-order chi connectivity index (χ1) is 14.2. The standard InChI is InChI=1S/C24H29FN2O3/c1-5-6-21-22(28)13-14-23(26-21)30-27-20-12-9-17(15-19(20)25)16-7-10-18(11-8-16)29-24(2,3)4/h5-12,15,19-20,23,26-27H,1,13-14H2,2-4H3/b21-6-. The molecule has 30 heavy (non-hydrogen) atoms. The molecule has 3 rings (SSSR count). The van der Waals surface area contributed by atoms with Crippen molar-refractivity contribution in [2.75, 3.05) is 0 Å². The van der Waals surface area contributed by atoms with Crippen molar-refractivity contribution >= 4 is 11.4 Å². The molecule has 1 aliphatic carbocycles. The number of nitrogens with one attached hydrogen (secondary N) is 2. The highest BCUT2D eigenvalue weighted by Gasteiger charge is 2.26. The van der Waals surface area contributed by atoms with Crippen molar-refractivity contribution < 1.29 is 18.8 Å². The predicted molar refractivity (Wildman–Crippen MR) is 116 cm³/mol. The molecule has 0 spiro atoms. The van der Waals surface area contributed by atoms with Crippen molar-refractivity contribution in [3.63, 3.8) is 0 Å². The zero-order valence-corrected chi connectivity index (χ0v) is 17.7. The lowest BCUT2D eigenvalue weighted by Crippen LogP contribution is -2.46. The van der Waals surface area contributed by atoms with Gasteiger partial charge < -0.3 is 10.1 Å². The molecule has 0 saturated carbocycles. The van der Waals surface area contributed by atoms with Gasteiger partial charge in [0, 0.05) is 12.8 Å². The topological polar surface area (TPSA) is 59.6 Å². The Hall–Kier alpha value is -2.70. The van der Waals surface area contributed by atoms with Gasteiger partial charge in [0.05, 0.1) is 11.7 Å². The number of alkyl halides is 1. The lowest BCUT2D eigenvalue weighted by atomic mass is 9.96. The average Bonchev–Trinajstić information content (AvgIpc) is 2.69. The summed E-state index contributed by atoms with van der Waals surface area (Å²) in [5.41, 5.74) is 4.69. The predicted octanol–water partition coefficient (Wildman–Crippen LogP) is 4.39. The second-order valence-electron chi connectivity index (χ2n) is 8.34. The average molecular weight is 413 g/mol. The fraction of sp³-hybridized carbons (Fsp3) is 0.375. The largest absolute Gasteiger partial charge is 0.488 e. The number of benzene rings is 1. The smallest absolute Gasteiger partial charge is 0.178 e. The quantitative estimate of drug-likeness (QED) is 0.536. The number of allylic oxidation sites excluding steroid dienone is 5. The SMILES string of the molecule is C=C/C=C1\NC(ONC2C=CC(c3ccc(OC(C)(C)C)cc3)=CC2F)CCC1=O. The first kappa shape index (κ1) is 22.0. The first-order valence-electron chi connectivity index (χ1n) is 10.1. The summed E-state index contributed by atoms with van der Waals surface area (Å²) in [6.07, 6.45) is 7.58. The van der Waals surface area contributed by atoms with Crippen molar-refractivity contribution in [2.45, 2.75) is 57.7 Å². The van der Waals surface area contributed by atoms with Crippen LogP contribution in [-0.4, -0.2) is 29.8 Å². The second kappa shape index (κ2) is 9.41. The number of carbonyl (C=O) groups excluding carboxylic acids is 1. The van der Waals surface area contributed by atoms with E-state index in [2.05, 4.69) is 17.4 Å². The van der Waals surface area contributed by atoms with Gasteiger partial charge in [0.25, 0.3) is 0 Å². The van der Waals surface area contributed by atoms with Crippen LogP contribution >= 0.6 is 0 Å². The molecule has 0 amide bonds. The van der Waals surface area contributed by atoms with Gasteiger partial charge in [-0.05, 0) is 56.2 Å². The molecule has 1 saturated heterocycles. The monoisotopic (exact) mass is 412 g/mol. The minimum atomic E-state index is -1.25. The Morgan fingerprint density at radius 1 is 1.27 bits per heavy atom. The van der Waals surface area contributed by atoms with E-state index in [0.29, 0.717) is 18.5 Å². The molecule has 5 nitrogen and oxygen atoms in total. The highest BCUT2D eigenvalue weighted by molar-refractivity contribution is 5.95. The molecule has 0 aromatic heterocycles. The summed E-state index contributed by atoms with van der Waals surface area (Å²) in [4.78, 5) is 17.4. The van der Waals surface area contributed by atoms with Crippen LogP contribution in [0.5, 0.6) is 5.75 Å². The molecule has 2 aliphatic rings. The molecule has 6 heteroatoms. The molecule has 1 aliphatic heterocycles. The Balaban J connectivity index is 1.56. The third-order valence-corrected chi connectivity index (χ3v) is 4.66. The summed E-state index contributed by atoms with van der Waals surface area (Å²) in [5, 5.41) is 3.00. The second-order valence-corrected chi connectivity index (χ2v) is 8.34. The molecular formula is C24H29FN2O3. The Bertz CT molecular complexity index is 865. The highest BCUT2D eigenvalue weighted by atomic mass is 19.1. The number of piperidine rings is 1. The number of rotatable bonds is 6. The molecule has 0 radical (unpaired) electrons. The van der Waals surface area contributed by atoms with E-state index in [1.807, 2.05) is 51.1 Å². The number of carbonyl (C=O) groups is 1. The van der Waals surface area contributed by atoms with E-state index in [9.17, 15) is 9.18 Å². The molecule has 2 N–H and O–H groups in total. The van der Waals surface area contributed by atoms with Crippen molar-refractivity contribution in [2.24, 2.45) is 0 Å². The molecule has 1 heterocycles. The maximum atomic E-state index is 14.7. The number of ether oxygens (including phenoxy) is 1. The molecule has 1 aromatic rings. The Kier molecular flexibility index (Phi) is 6.90. The van der Waals surface area contributed by atoms with Gasteiger partial charge in [-0.3, -0.25) is 9.63 Å². The third kappa shape index (κ3) is 5.90. The van der Waals surface area contributed by atoms with E-state index >= 15 is 0 Å². The van der Waals surface area contributed by atoms with E-state index in [1.54, 1.807) is 24.3 Å². The zero-order chi connectivity index (χ0) is 21.7. The minimum absolute atomic E-state index is 0.0159. The summed E-state index contributed by atoms with van der Waals surface area (Å²) < 4.78 is 20.5. The van der Waals surface area contributed by atoms with Gasteiger partial charge in [-0.2, -0.15) is 5.48 Å². The summed E-state index contributed by atoms with van der Waals surface area (Å²) in [5.74, 6) is 0.793. The fourth-order valence-corrected chi connectivity index (χ4v) is 3.24. The normalized spacial score (nSPS) is 25.6. The third-order valence-electron chi connectivity index (χ3n) is 4.66. The number of hydroxylamine groups is 1. The van der Waals surface area contributed by atoms with Crippen LogP contribution in [0.15, 0.2) is 66.9 Å². The van der Waals surface area contributed by atoms with Crippen LogP contribution in [0.25, 0.3) is 5.57 Å². The van der Waals surface area contributed by atoms with Gasteiger partial charge >= 0.3 is 0 Å². The maximum absolute atomic E-state index is 14.7. The van der Waals surface area contributed by atoms with Crippen molar-refractivity contribution in [1.29, 1.82) is 0 Å². The highest BCUT2D eigenvalue weighted by Crippen LogP contribution is 2.26. The van der Waals surface area contributed by atoms with Gasteiger partial charge in [0.1, 0.15) is 23.8 Å². The number of hydrogen-bond donors (Lipinski definition) is 2. The van der Waals surface area contributed by atoms with Crippen molar-refractivity contribution in [1.82, 2.24) is 10.8 Å². The van der Waals surface area contributed by atoms with Crippen molar-refractivity contribution in [3.8, 4) is 5.75 Å². The molecule has 1 aromatic carbocycles. The Labute approximate surface area is 177 Å². The summed E-state index contributed by atoms with van der Waals surface area (Å²) in [6.45, 7) is 9.58. The van der Waals surface area contributed by atoms with Gasteiger partial charge in [0.2, 0.25) is 0 Å². The minimum Gasteiger partial charge on any atom is -0.488 e. The fourth-order valence-electron chi connectivity index (χ4n) is 3.24. The van der Waals surface area contributed by atoms with Gasteiger partial charge in [-0.25, -0.2) is 4.39 Å². The molecule has 1 fully saturated rings. The first-order valence-corrected chi connectivity index (χ1v) is 10.1. The molecular weight excluding hydrogens is 383 g/mol. The number of Topliss-reactive ketones (excluding diaryl/α,β-unsaturated/α-hetero) is 1. The zero-order valence-electron chi connectivity index (χ0n) is 17.7. The lowest BCUT2D eigenvalue weighted by Gasteiger charge is -2.28. The molecule has 3 unspecified atom stereocenters. The number of ketones is 1. The van der Waals surface area contributed by atoms with Crippen LogP contribution in [0.2, 0.25) is 0 Å². The van der Waals surface area contributed by atoms with Crippen LogP contribution in [0, 0.1) is 0 Å². The van der Waals surface area contributed by atoms with Gasteiger partial charge in [-0.15, -0.1) is 0 Å². The van der Waals surface area contributed by atoms with E-state index < -0.39 is 18.4 Å². The van der Waals surface area contributed by atoms with Crippen LogP contribution < -0.4 is 15.5 Å². The number of hydrogen-bond acceptors (Lipinski definition) is 5. The summed E-state index contributed by atoms with van der Waals surface area (Å²) in [7, 11) is 0.